The van der Waals surface area contributed by atoms with E-state index in [0.29, 0.717) is 41.3 Å². The van der Waals surface area contributed by atoms with Crippen LogP contribution in [-0.2, 0) is 9.53 Å². The molecule has 32 heavy (non-hydrogen) atoms. The zero-order valence-electron chi connectivity index (χ0n) is 18.6. The van der Waals surface area contributed by atoms with Crippen LogP contribution in [0.5, 0.6) is 5.75 Å². The monoisotopic (exact) mass is 463 g/mol. The molecular weight excluding hydrogens is 437 g/mol. The molecule has 1 aliphatic heterocycles. The van der Waals surface area contributed by atoms with Gasteiger partial charge in [-0.05, 0) is 57.9 Å². The Morgan fingerprint density at radius 3 is 2.69 bits per heavy atom. The number of pyridine rings is 1. The van der Waals surface area contributed by atoms with Crippen LogP contribution in [-0.4, -0.2) is 47.7 Å². The maximum Gasteiger partial charge on any atom is 0.410 e. The number of piperidine rings is 1. The second-order valence-corrected chi connectivity index (χ2v) is 9.06. The molecule has 0 saturated carbocycles. The molecule has 0 radical (unpaired) electrons. The zero-order valence-corrected chi connectivity index (χ0v) is 19.3. The lowest BCUT2D eigenvalue weighted by molar-refractivity contribution is -0.121. The third kappa shape index (κ3) is 5.88. The molecule has 172 valence electrons. The Labute approximate surface area is 191 Å². The van der Waals surface area contributed by atoms with E-state index >= 15 is 0 Å². The van der Waals surface area contributed by atoms with Gasteiger partial charge in [-0.3, -0.25) is 4.79 Å². The average Bonchev–Trinajstić information content (AvgIpc) is 2.74. The van der Waals surface area contributed by atoms with Crippen molar-refractivity contribution in [2.75, 3.05) is 25.5 Å². The highest BCUT2D eigenvalue weighted by Gasteiger charge is 2.31. The summed E-state index contributed by atoms with van der Waals surface area (Å²) in [6.07, 6.45) is 2.30. The minimum absolute atomic E-state index is 0.259. The predicted octanol–water partition coefficient (Wildman–Crippen LogP) is 5.14. The number of likely N-dealkylation sites (tertiary alicyclic amines) is 1. The fourth-order valence-electron chi connectivity index (χ4n) is 3.52. The molecule has 0 spiro atoms. The van der Waals surface area contributed by atoms with Gasteiger partial charge < -0.3 is 19.7 Å². The number of hydrogen-bond acceptors (Lipinski definition) is 5. The molecule has 7 nitrogen and oxygen atoms in total. The number of carbonyl (C=O) groups excluding carboxylic acids is 2. The maximum absolute atomic E-state index is 13.8. The van der Waals surface area contributed by atoms with Crippen LogP contribution >= 0.6 is 11.6 Å². The number of rotatable bonds is 4. The number of hydrogen-bond donors (Lipinski definition) is 1. The molecule has 0 unspecified atom stereocenters. The van der Waals surface area contributed by atoms with E-state index in [1.807, 2.05) is 0 Å². The first kappa shape index (κ1) is 23.8. The normalized spacial score (nSPS) is 16.4. The Bertz CT molecular complexity index is 1010. The lowest BCUT2D eigenvalue weighted by Crippen LogP contribution is -2.45. The van der Waals surface area contributed by atoms with Crippen LogP contribution in [0, 0.1) is 11.7 Å². The summed E-state index contributed by atoms with van der Waals surface area (Å²) >= 11 is 6.29. The average molecular weight is 464 g/mol. The van der Waals surface area contributed by atoms with Crippen molar-refractivity contribution in [3.8, 4) is 16.9 Å². The first-order chi connectivity index (χ1) is 15.1. The molecule has 1 N–H and O–H groups in total. The van der Waals surface area contributed by atoms with Gasteiger partial charge in [0.1, 0.15) is 23.0 Å². The van der Waals surface area contributed by atoms with Gasteiger partial charge in [0.15, 0.2) is 0 Å². The van der Waals surface area contributed by atoms with Gasteiger partial charge in [-0.1, -0.05) is 11.6 Å². The van der Waals surface area contributed by atoms with E-state index in [1.54, 1.807) is 31.7 Å². The van der Waals surface area contributed by atoms with E-state index in [2.05, 4.69) is 10.3 Å². The quantitative estimate of drug-likeness (QED) is 0.679. The number of amides is 2. The van der Waals surface area contributed by atoms with Crippen LogP contribution in [0.1, 0.15) is 33.6 Å². The molecule has 9 heteroatoms. The van der Waals surface area contributed by atoms with Gasteiger partial charge in [-0.2, -0.15) is 0 Å². The minimum atomic E-state index is -0.603. The SMILES string of the molecule is COc1ccc(F)cc1-c1cc(NC(=O)[C@@H]2CCCN(C(=O)OC(C)(C)C)C2)ncc1Cl. The maximum atomic E-state index is 13.8. The largest absolute Gasteiger partial charge is 0.496 e. The number of ether oxygens (including phenoxy) is 2. The van der Waals surface area contributed by atoms with Crippen molar-refractivity contribution in [2.45, 2.75) is 39.2 Å². The highest BCUT2D eigenvalue weighted by Crippen LogP contribution is 2.36. The molecule has 1 aromatic carbocycles. The minimum Gasteiger partial charge on any atom is -0.496 e. The standard InChI is InChI=1S/C23H27ClFN3O4/c1-23(2,3)32-22(30)28-9-5-6-14(13-28)21(29)27-20-11-16(18(24)12-26-20)17-10-15(25)7-8-19(17)31-4/h7-8,10-12,14H,5-6,9,13H2,1-4H3,(H,26,27,29)/t14-/m1/s1. The second-order valence-electron chi connectivity index (χ2n) is 8.65. The summed E-state index contributed by atoms with van der Waals surface area (Å²) in [5, 5.41) is 3.08. The molecule has 0 aliphatic carbocycles. The van der Waals surface area contributed by atoms with Crippen molar-refractivity contribution in [1.29, 1.82) is 0 Å². The Balaban J connectivity index is 1.75. The van der Waals surface area contributed by atoms with Crippen molar-refractivity contribution >= 4 is 29.4 Å². The van der Waals surface area contributed by atoms with Gasteiger partial charge in [0.2, 0.25) is 5.91 Å². The molecule has 2 aromatic rings. The molecule has 2 heterocycles. The Morgan fingerprint density at radius 2 is 2.00 bits per heavy atom. The summed E-state index contributed by atoms with van der Waals surface area (Å²) in [5.41, 5.74) is 0.324. The van der Waals surface area contributed by atoms with Gasteiger partial charge in [-0.15, -0.1) is 0 Å². The number of carbonyl (C=O) groups is 2. The number of aromatic nitrogens is 1. The summed E-state index contributed by atoms with van der Waals surface area (Å²) in [6, 6.07) is 5.68. The van der Waals surface area contributed by atoms with Gasteiger partial charge in [0.05, 0.1) is 18.1 Å². The van der Waals surface area contributed by atoms with Gasteiger partial charge in [0.25, 0.3) is 0 Å². The van der Waals surface area contributed by atoms with Crippen molar-refractivity contribution < 1.29 is 23.5 Å². The zero-order chi connectivity index (χ0) is 23.5. The van der Waals surface area contributed by atoms with Gasteiger partial charge in [-0.25, -0.2) is 14.2 Å². The summed E-state index contributed by atoms with van der Waals surface area (Å²) in [6.45, 7) is 6.21. The third-order valence-corrected chi connectivity index (χ3v) is 5.30. The van der Waals surface area contributed by atoms with Crippen molar-refractivity contribution in [3.63, 3.8) is 0 Å². The lowest BCUT2D eigenvalue weighted by atomic mass is 9.97. The van der Waals surface area contributed by atoms with Crippen LogP contribution in [0.4, 0.5) is 15.0 Å². The van der Waals surface area contributed by atoms with Crippen LogP contribution in [0.25, 0.3) is 11.1 Å². The first-order valence-electron chi connectivity index (χ1n) is 10.4. The van der Waals surface area contributed by atoms with Crippen LogP contribution in [0.3, 0.4) is 0 Å². The Kier molecular flexibility index (Phi) is 7.23. The van der Waals surface area contributed by atoms with E-state index in [0.717, 1.165) is 0 Å². The number of nitrogens with zero attached hydrogens (tertiary/aromatic N) is 2. The highest BCUT2D eigenvalue weighted by atomic mass is 35.5. The smallest absolute Gasteiger partial charge is 0.410 e. The van der Waals surface area contributed by atoms with Crippen LogP contribution in [0.15, 0.2) is 30.5 Å². The molecule has 3 rings (SSSR count). The highest BCUT2D eigenvalue weighted by molar-refractivity contribution is 6.33. The molecule has 2 amide bonds. The fourth-order valence-corrected chi connectivity index (χ4v) is 3.72. The first-order valence-corrected chi connectivity index (χ1v) is 10.7. The van der Waals surface area contributed by atoms with Crippen molar-refractivity contribution in [3.05, 3.63) is 41.3 Å². The molecule has 1 aromatic heterocycles. The molecule has 0 bridgehead atoms. The third-order valence-electron chi connectivity index (χ3n) is 5.00. The summed E-state index contributed by atoms with van der Waals surface area (Å²) in [4.78, 5) is 31.0. The van der Waals surface area contributed by atoms with Crippen LogP contribution in [0.2, 0.25) is 5.02 Å². The van der Waals surface area contributed by atoms with E-state index in [9.17, 15) is 14.0 Å². The fraction of sp³-hybridized carbons (Fsp3) is 0.435. The second kappa shape index (κ2) is 9.73. The van der Waals surface area contributed by atoms with E-state index in [1.165, 1.54) is 31.5 Å². The summed E-state index contributed by atoms with van der Waals surface area (Å²) in [5.74, 6) is -0.387. The van der Waals surface area contributed by atoms with Gasteiger partial charge >= 0.3 is 6.09 Å². The molecular formula is C23H27ClFN3O4. The van der Waals surface area contributed by atoms with E-state index in [-0.39, 0.29) is 18.3 Å². The molecule has 1 aliphatic rings. The van der Waals surface area contributed by atoms with E-state index in [4.69, 9.17) is 21.1 Å². The summed E-state index contributed by atoms with van der Waals surface area (Å²) < 4.78 is 24.6. The number of anilines is 1. The van der Waals surface area contributed by atoms with Crippen molar-refractivity contribution in [1.82, 2.24) is 9.88 Å². The molecule has 1 saturated heterocycles. The molecule has 1 atom stereocenters. The Morgan fingerprint density at radius 1 is 1.25 bits per heavy atom. The topological polar surface area (TPSA) is 80.8 Å². The molecule has 1 fully saturated rings. The van der Waals surface area contributed by atoms with Gasteiger partial charge in [0, 0.05) is 30.4 Å². The van der Waals surface area contributed by atoms with E-state index < -0.39 is 23.4 Å². The number of nitrogens with one attached hydrogen (secondary N) is 1. The lowest BCUT2D eigenvalue weighted by Gasteiger charge is -2.33. The predicted molar refractivity (Wildman–Crippen MR) is 120 cm³/mol. The number of halogens is 2. The number of benzene rings is 1. The number of methoxy groups -OCH3 is 1. The van der Waals surface area contributed by atoms with Crippen molar-refractivity contribution in [2.24, 2.45) is 5.92 Å². The summed E-state index contributed by atoms with van der Waals surface area (Å²) in [7, 11) is 1.48. The Hall–Kier alpha value is -2.87. The van der Waals surface area contributed by atoms with Crippen LogP contribution < -0.4 is 10.1 Å².